The van der Waals surface area contributed by atoms with Gasteiger partial charge < -0.3 is 15.3 Å². The van der Waals surface area contributed by atoms with Gasteiger partial charge in [0.25, 0.3) is 0 Å². The highest BCUT2D eigenvalue weighted by atomic mass is 16.3. The molecule has 0 aromatic rings. The SMILES string of the molecule is CCCCNC(=O)N1CCCC1C1CCCC1O. The summed E-state index contributed by atoms with van der Waals surface area (Å²) in [7, 11) is 0. The molecule has 3 atom stereocenters. The predicted molar refractivity (Wildman–Crippen MR) is 71.4 cm³/mol. The van der Waals surface area contributed by atoms with Crippen molar-refractivity contribution in [3.05, 3.63) is 0 Å². The lowest BCUT2D eigenvalue weighted by molar-refractivity contribution is 0.0842. The molecule has 1 aliphatic carbocycles. The molecule has 1 saturated carbocycles. The number of carbonyl (C=O) groups is 1. The van der Waals surface area contributed by atoms with Crippen LogP contribution in [0.4, 0.5) is 4.79 Å². The molecule has 1 saturated heterocycles. The van der Waals surface area contributed by atoms with Crippen LogP contribution in [-0.2, 0) is 0 Å². The van der Waals surface area contributed by atoms with Crippen molar-refractivity contribution in [3.63, 3.8) is 0 Å². The van der Waals surface area contributed by atoms with Crippen molar-refractivity contribution in [2.75, 3.05) is 13.1 Å². The van der Waals surface area contributed by atoms with Gasteiger partial charge in [0.05, 0.1) is 6.10 Å². The number of amides is 2. The van der Waals surface area contributed by atoms with Crippen molar-refractivity contribution in [1.82, 2.24) is 10.2 Å². The number of nitrogens with one attached hydrogen (secondary N) is 1. The number of rotatable bonds is 4. The van der Waals surface area contributed by atoms with Crippen LogP contribution in [0.2, 0.25) is 0 Å². The van der Waals surface area contributed by atoms with Crippen LogP contribution in [-0.4, -0.2) is 41.3 Å². The largest absolute Gasteiger partial charge is 0.393 e. The Balaban J connectivity index is 1.88. The quantitative estimate of drug-likeness (QED) is 0.755. The average Bonchev–Trinajstić information content (AvgIpc) is 2.97. The summed E-state index contributed by atoms with van der Waals surface area (Å²) in [5.74, 6) is 0.310. The Bertz CT molecular complexity index is 283. The Labute approximate surface area is 110 Å². The lowest BCUT2D eigenvalue weighted by Crippen LogP contribution is -2.47. The van der Waals surface area contributed by atoms with Crippen LogP contribution in [0.15, 0.2) is 0 Å². The molecule has 0 spiro atoms. The van der Waals surface area contributed by atoms with Crippen molar-refractivity contribution >= 4 is 6.03 Å². The Hall–Kier alpha value is -0.770. The molecule has 2 N–H and O–H groups in total. The second-order valence-electron chi connectivity index (χ2n) is 5.65. The summed E-state index contributed by atoms with van der Waals surface area (Å²) in [5, 5.41) is 13.0. The van der Waals surface area contributed by atoms with E-state index in [1.165, 1.54) is 0 Å². The van der Waals surface area contributed by atoms with Gasteiger partial charge in [-0.2, -0.15) is 0 Å². The zero-order valence-electron chi connectivity index (χ0n) is 11.4. The fraction of sp³-hybridized carbons (Fsp3) is 0.929. The Morgan fingerprint density at radius 3 is 2.83 bits per heavy atom. The molecule has 104 valence electrons. The van der Waals surface area contributed by atoms with Crippen LogP contribution in [0.3, 0.4) is 0 Å². The number of aliphatic hydroxyl groups is 1. The minimum absolute atomic E-state index is 0.0741. The number of likely N-dealkylation sites (tertiary alicyclic amines) is 1. The van der Waals surface area contributed by atoms with E-state index < -0.39 is 0 Å². The third-order valence-electron chi connectivity index (χ3n) is 4.39. The minimum atomic E-state index is -0.195. The number of aliphatic hydroxyl groups excluding tert-OH is 1. The monoisotopic (exact) mass is 254 g/mol. The highest BCUT2D eigenvalue weighted by molar-refractivity contribution is 5.74. The molecular weight excluding hydrogens is 228 g/mol. The third kappa shape index (κ3) is 2.97. The topological polar surface area (TPSA) is 52.6 Å². The van der Waals surface area contributed by atoms with E-state index in [2.05, 4.69) is 12.2 Å². The first-order valence-electron chi connectivity index (χ1n) is 7.46. The molecule has 3 unspecified atom stereocenters. The molecule has 0 bridgehead atoms. The molecule has 0 aromatic heterocycles. The van der Waals surface area contributed by atoms with Crippen LogP contribution in [0.25, 0.3) is 0 Å². The highest BCUT2D eigenvalue weighted by Gasteiger charge is 2.39. The maximum atomic E-state index is 12.1. The van der Waals surface area contributed by atoms with Crippen molar-refractivity contribution in [2.45, 2.75) is 64.0 Å². The zero-order valence-corrected chi connectivity index (χ0v) is 11.4. The molecule has 2 fully saturated rings. The Kier molecular flexibility index (Phi) is 4.87. The second kappa shape index (κ2) is 6.41. The molecule has 4 nitrogen and oxygen atoms in total. The number of urea groups is 1. The summed E-state index contributed by atoms with van der Waals surface area (Å²) < 4.78 is 0. The van der Waals surface area contributed by atoms with Gasteiger partial charge in [0.15, 0.2) is 0 Å². The van der Waals surface area contributed by atoms with Gasteiger partial charge in [-0.25, -0.2) is 4.79 Å². The van der Waals surface area contributed by atoms with Crippen LogP contribution >= 0.6 is 0 Å². The van der Waals surface area contributed by atoms with E-state index in [9.17, 15) is 9.90 Å². The fourth-order valence-corrected chi connectivity index (χ4v) is 3.38. The average molecular weight is 254 g/mol. The van der Waals surface area contributed by atoms with E-state index in [1.807, 2.05) is 4.90 Å². The van der Waals surface area contributed by atoms with Gasteiger partial charge in [-0.1, -0.05) is 19.8 Å². The third-order valence-corrected chi connectivity index (χ3v) is 4.39. The van der Waals surface area contributed by atoms with E-state index in [4.69, 9.17) is 0 Å². The summed E-state index contributed by atoms with van der Waals surface area (Å²) in [4.78, 5) is 14.1. The molecule has 2 rings (SSSR count). The first-order chi connectivity index (χ1) is 8.74. The van der Waals surface area contributed by atoms with Gasteiger partial charge in [0, 0.05) is 25.0 Å². The molecule has 1 heterocycles. The van der Waals surface area contributed by atoms with Gasteiger partial charge in [-0.05, 0) is 32.1 Å². The molecular formula is C14H26N2O2. The summed E-state index contributed by atoms with van der Waals surface area (Å²) in [6.07, 6.45) is 7.17. The summed E-state index contributed by atoms with van der Waals surface area (Å²) in [6, 6.07) is 0.342. The number of carbonyl (C=O) groups excluding carboxylic acids is 1. The second-order valence-corrected chi connectivity index (χ2v) is 5.65. The van der Waals surface area contributed by atoms with Crippen molar-refractivity contribution in [2.24, 2.45) is 5.92 Å². The van der Waals surface area contributed by atoms with Gasteiger partial charge in [0.2, 0.25) is 0 Å². The first kappa shape index (κ1) is 13.7. The molecule has 0 radical (unpaired) electrons. The normalized spacial score (nSPS) is 31.9. The van der Waals surface area contributed by atoms with E-state index in [0.29, 0.717) is 5.92 Å². The number of nitrogens with zero attached hydrogens (tertiary/aromatic N) is 1. The van der Waals surface area contributed by atoms with E-state index in [1.54, 1.807) is 0 Å². The maximum Gasteiger partial charge on any atom is 0.317 e. The Morgan fingerprint density at radius 2 is 2.17 bits per heavy atom. The van der Waals surface area contributed by atoms with E-state index in [0.717, 1.165) is 58.0 Å². The summed E-state index contributed by atoms with van der Waals surface area (Å²) in [6.45, 7) is 3.75. The lowest BCUT2D eigenvalue weighted by atomic mass is 9.94. The van der Waals surface area contributed by atoms with Crippen LogP contribution in [0, 0.1) is 5.92 Å². The van der Waals surface area contributed by atoms with Gasteiger partial charge in [-0.3, -0.25) is 0 Å². The molecule has 1 aliphatic heterocycles. The standard InChI is InChI=1S/C14H26N2O2/c1-2-3-9-15-14(18)16-10-5-7-12(16)11-6-4-8-13(11)17/h11-13,17H,2-10H2,1H3,(H,15,18). The maximum absolute atomic E-state index is 12.1. The Morgan fingerprint density at radius 1 is 1.33 bits per heavy atom. The van der Waals surface area contributed by atoms with Crippen molar-refractivity contribution in [1.29, 1.82) is 0 Å². The van der Waals surface area contributed by atoms with Crippen molar-refractivity contribution in [3.8, 4) is 0 Å². The van der Waals surface area contributed by atoms with E-state index >= 15 is 0 Å². The first-order valence-corrected chi connectivity index (χ1v) is 7.46. The van der Waals surface area contributed by atoms with Crippen LogP contribution < -0.4 is 5.32 Å². The molecule has 2 amide bonds. The summed E-state index contributed by atoms with van der Waals surface area (Å²) >= 11 is 0. The number of hydrogen-bond donors (Lipinski definition) is 2. The van der Waals surface area contributed by atoms with Crippen LogP contribution in [0.5, 0.6) is 0 Å². The van der Waals surface area contributed by atoms with Gasteiger partial charge in [0.1, 0.15) is 0 Å². The number of unbranched alkanes of at least 4 members (excludes halogenated alkanes) is 1. The predicted octanol–water partition coefficient (Wildman–Crippen LogP) is 2.12. The number of hydrogen-bond acceptors (Lipinski definition) is 2. The molecule has 2 aliphatic rings. The molecule has 0 aromatic carbocycles. The van der Waals surface area contributed by atoms with Crippen LogP contribution in [0.1, 0.15) is 51.9 Å². The zero-order chi connectivity index (χ0) is 13.0. The fourth-order valence-electron chi connectivity index (χ4n) is 3.38. The van der Waals surface area contributed by atoms with Crippen molar-refractivity contribution < 1.29 is 9.90 Å². The molecule has 18 heavy (non-hydrogen) atoms. The van der Waals surface area contributed by atoms with E-state index in [-0.39, 0.29) is 18.2 Å². The minimum Gasteiger partial charge on any atom is -0.393 e. The van der Waals surface area contributed by atoms with Gasteiger partial charge >= 0.3 is 6.03 Å². The molecule has 4 heteroatoms. The summed E-state index contributed by atoms with van der Waals surface area (Å²) in [5.41, 5.74) is 0. The van der Waals surface area contributed by atoms with Gasteiger partial charge in [-0.15, -0.1) is 0 Å². The highest BCUT2D eigenvalue weighted by Crippen LogP contribution is 2.35. The lowest BCUT2D eigenvalue weighted by Gasteiger charge is -2.31. The smallest absolute Gasteiger partial charge is 0.317 e.